The van der Waals surface area contributed by atoms with Crippen LogP contribution in [0, 0.1) is 0 Å². The first-order chi connectivity index (χ1) is 6.41. The fourth-order valence-corrected chi connectivity index (χ4v) is 1.20. The lowest BCUT2D eigenvalue weighted by Crippen LogP contribution is -1.87. The van der Waals surface area contributed by atoms with Gasteiger partial charge in [-0.1, -0.05) is 39.0 Å². The molecule has 76 valence electrons. The quantitative estimate of drug-likeness (QED) is 0.240. The van der Waals surface area contributed by atoms with E-state index in [0.717, 1.165) is 12.8 Å². The van der Waals surface area contributed by atoms with E-state index in [1.165, 1.54) is 38.2 Å². The van der Waals surface area contributed by atoms with E-state index in [1.54, 1.807) is 0 Å². The summed E-state index contributed by atoms with van der Waals surface area (Å²) < 4.78 is 0. The number of nitrogens with zero attached hydrogens (tertiary/aromatic N) is 1. The summed E-state index contributed by atoms with van der Waals surface area (Å²) in [5.74, 6) is 0. The third-order valence-electron chi connectivity index (χ3n) is 1.94. The van der Waals surface area contributed by atoms with Gasteiger partial charge in [0.05, 0.1) is 0 Å². The molecule has 0 aromatic rings. The summed E-state index contributed by atoms with van der Waals surface area (Å²) in [7, 11) is 0. The Morgan fingerprint density at radius 1 is 1.08 bits per heavy atom. The second-order valence-electron chi connectivity index (χ2n) is 3.14. The molecule has 0 saturated heterocycles. The van der Waals surface area contributed by atoms with Gasteiger partial charge in [0.25, 0.3) is 6.08 Å². The Morgan fingerprint density at radius 3 is 2.31 bits per heavy atom. The Hall–Kier alpha value is -0.820. The van der Waals surface area contributed by atoms with Crippen LogP contribution in [0.3, 0.4) is 0 Å². The minimum atomic E-state index is 0.545. The lowest BCUT2D eigenvalue weighted by molar-refractivity contribution is 0.139. The molecule has 0 fully saturated rings. The van der Waals surface area contributed by atoms with Gasteiger partial charge in [-0.25, -0.2) is 4.79 Å². The maximum absolute atomic E-state index is 9.60. The van der Waals surface area contributed by atoms with E-state index < -0.39 is 0 Å². The summed E-state index contributed by atoms with van der Waals surface area (Å²) in [6.45, 7) is 2.76. The van der Waals surface area contributed by atoms with Crippen molar-refractivity contribution in [2.45, 2.75) is 51.9 Å². The van der Waals surface area contributed by atoms with Gasteiger partial charge in [0.15, 0.2) is 0 Å². The predicted octanol–water partition coefficient (Wildman–Crippen LogP) is 3.00. The van der Waals surface area contributed by atoms with Crippen molar-refractivity contribution in [1.82, 2.24) is 0 Å². The molecule has 13 heavy (non-hydrogen) atoms. The van der Waals surface area contributed by atoms with E-state index in [9.17, 15) is 4.79 Å². The molecule has 0 amide bonds. The van der Waals surface area contributed by atoms with Crippen molar-refractivity contribution in [3.05, 3.63) is 0 Å². The number of isocyanates is 1. The summed E-state index contributed by atoms with van der Waals surface area (Å²) in [5, 5.41) is 3.01. The molecule has 0 aliphatic rings. The Balaban J connectivity index is 2.87. The summed E-state index contributed by atoms with van der Waals surface area (Å²) in [6, 6.07) is 0. The normalized spacial score (nSPS) is 9.31. The fraction of sp³-hybridized carbons (Fsp3) is 0.900. The lowest BCUT2D eigenvalue weighted by atomic mass is 10.1. The van der Waals surface area contributed by atoms with E-state index >= 15 is 0 Å². The second-order valence-corrected chi connectivity index (χ2v) is 3.14. The maximum Gasteiger partial charge on any atom is 0.276 e. The van der Waals surface area contributed by atoms with Crippen LogP contribution in [0.2, 0.25) is 0 Å². The van der Waals surface area contributed by atoms with Gasteiger partial charge in [-0.05, 0) is 12.8 Å². The Morgan fingerprint density at radius 2 is 1.69 bits per heavy atom. The van der Waals surface area contributed by atoms with Gasteiger partial charge < -0.3 is 4.84 Å². The van der Waals surface area contributed by atoms with E-state index in [2.05, 4.69) is 16.9 Å². The van der Waals surface area contributed by atoms with Crippen LogP contribution in [0.5, 0.6) is 0 Å². The summed E-state index contributed by atoms with van der Waals surface area (Å²) in [4.78, 5) is 14.2. The highest BCUT2D eigenvalue weighted by Crippen LogP contribution is 2.06. The first-order valence-electron chi connectivity index (χ1n) is 5.11. The minimum Gasteiger partial charge on any atom is -0.386 e. The fourth-order valence-electron chi connectivity index (χ4n) is 1.20. The van der Waals surface area contributed by atoms with E-state index in [-0.39, 0.29) is 0 Å². The average Bonchev–Trinajstić information content (AvgIpc) is 2.16. The van der Waals surface area contributed by atoms with Crippen LogP contribution in [0.4, 0.5) is 0 Å². The molecule has 0 aromatic carbocycles. The molecular weight excluding hydrogens is 166 g/mol. The first-order valence-corrected chi connectivity index (χ1v) is 5.11. The third kappa shape index (κ3) is 11.2. The molecule has 0 N–H and O–H groups in total. The van der Waals surface area contributed by atoms with Crippen molar-refractivity contribution < 1.29 is 9.63 Å². The van der Waals surface area contributed by atoms with Gasteiger partial charge in [-0.3, -0.25) is 0 Å². The topological polar surface area (TPSA) is 38.7 Å². The molecule has 0 radical (unpaired) electrons. The number of carbonyl (C=O) groups excluding carboxylic acids is 1. The van der Waals surface area contributed by atoms with Crippen LogP contribution in [0.25, 0.3) is 0 Å². The zero-order valence-electron chi connectivity index (χ0n) is 8.42. The van der Waals surface area contributed by atoms with Crippen LogP contribution in [-0.4, -0.2) is 12.7 Å². The lowest BCUT2D eigenvalue weighted by Gasteiger charge is -1.99. The van der Waals surface area contributed by atoms with E-state index in [4.69, 9.17) is 0 Å². The van der Waals surface area contributed by atoms with Crippen LogP contribution in [-0.2, 0) is 9.63 Å². The van der Waals surface area contributed by atoms with Crippen molar-refractivity contribution in [1.29, 1.82) is 0 Å². The van der Waals surface area contributed by atoms with Crippen molar-refractivity contribution in [2.24, 2.45) is 5.16 Å². The van der Waals surface area contributed by atoms with Gasteiger partial charge in [-0.15, -0.1) is 0 Å². The van der Waals surface area contributed by atoms with Crippen LogP contribution >= 0.6 is 0 Å². The van der Waals surface area contributed by atoms with Crippen molar-refractivity contribution in [3.8, 4) is 0 Å². The number of rotatable bonds is 9. The zero-order chi connectivity index (χ0) is 9.78. The third-order valence-corrected chi connectivity index (χ3v) is 1.94. The molecule has 0 bridgehead atoms. The molecule has 3 heteroatoms. The van der Waals surface area contributed by atoms with E-state index in [1.807, 2.05) is 0 Å². The number of hydrogen-bond acceptors (Lipinski definition) is 3. The average molecular weight is 185 g/mol. The molecule has 0 heterocycles. The molecule has 0 saturated carbocycles. The van der Waals surface area contributed by atoms with Crippen molar-refractivity contribution >= 4 is 6.08 Å². The highest BCUT2D eigenvalue weighted by molar-refractivity contribution is 5.31. The Kier molecular flexibility index (Phi) is 10.5. The molecule has 3 nitrogen and oxygen atoms in total. The highest BCUT2D eigenvalue weighted by Gasteiger charge is 1.90. The molecule has 0 unspecified atom stereocenters. The van der Waals surface area contributed by atoms with Crippen LogP contribution in [0.15, 0.2) is 5.16 Å². The van der Waals surface area contributed by atoms with Crippen LogP contribution in [0.1, 0.15) is 51.9 Å². The minimum absolute atomic E-state index is 0.545. The SMILES string of the molecule is CCCCCCCCCON=C=O. The summed E-state index contributed by atoms with van der Waals surface area (Å²) >= 11 is 0. The number of unbranched alkanes of at least 4 members (excludes halogenated alkanes) is 6. The van der Waals surface area contributed by atoms with E-state index in [0.29, 0.717) is 6.61 Å². The monoisotopic (exact) mass is 185 g/mol. The largest absolute Gasteiger partial charge is 0.386 e. The highest BCUT2D eigenvalue weighted by atomic mass is 16.6. The number of hydrogen-bond donors (Lipinski definition) is 0. The van der Waals surface area contributed by atoms with Crippen molar-refractivity contribution in [2.75, 3.05) is 6.61 Å². The van der Waals surface area contributed by atoms with Gasteiger partial charge in [0, 0.05) is 5.16 Å². The standard InChI is InChI=1S/C10H19NO2/c1-2-3-4-5-6-7-8-9-13-11-10-12/h2-9H2,1H3. The predicted molar refractivity (Wildman–Crippen MR) is 52.1 cm³/mol. The molecule has 0 atom stereocenters. The molecule has 0 aromatic heterocycles. The van der Waals surface area contributed by atoms with Gasteiger partial charge in [0.2, 0.25) is 0 Å². The smallest absolute Gasteiger partial charge is 0.276 e. The van der Waals surface area contributed by atoms with Gasteiger partial charge in [0.1, 0.15) is 6.61 Å². The van der Waals surface area contributed by atoms with Crippen molar-refractivity contribution in [3.63, 3.8) is 0 Å². The Bertz CT molecular complexity index is 142. The zero-order valence-corrected chi connectivity index (χ0v) is 8.42. The summed E-state index contributed by atoms with van der Waals surface area (Å²) in [5.41, 5.74) is 0. The molecule has 0 aliphatic carbocycles. The molecule has 0 aliphatic heterocycles. The molecule has 0 spiro atoms. The van der Waals surface area contributed by atoms with Gasteiger partial charge >= 0.3 is 0 Å². The first kappa shape index (κ1) is 12.2. The van der Waals surface area contributed by atoms with Crippen LogP contribution < -0.4 is 0 Å². The maximum atomic E-state index is 9.60. The molecule has 0 rings (SSSR count). The summed E-state index contributed by atoms with van der Waals surface area (Å²) in [6.07, 6.45) is 10.0. The van der Waals surface area contributed by atoms with Gasteiger partial charge in [-0.2, -0.15) is 0 Å². The second kappa shape index (κ2) is 11.2. The Labute approximate surface area is 80.1 Å². The molecular formula is C10H19NO2.